The molecule has 0 aromatic heterocycles. The summed E-state index contributed by atoms with van der Waals surface area (Å²) in [6, 6.07) is 7.37. The molecule has 24 heavy (non-hydrogen) atoms. The van der Waals surface area contributed by atoms with Gasteiger partial charge in [-0.05, 0) is 56.5 Å². The van der Waals surface area contributed by atoms with Crippen molar-refractivity contribution in [3.05, 3.63) is 29.8 Å². The van der Waals surface area contributed by atoms with Crippen molar-refractivity contribution >= 4 is 0 Å². The minimum atomic E-state index is -4.30. The first kappa shape index (κ1) is 17.6. The lowest BCUT2D eigenvalue weighted by atomic mass is 9.74. The molecule has 2 fully saturated rings. The van der Waals surface area contributed by atoms with Gasteiger partial charge >= 0.3 is 6.18 Å². The number of alkyl halides is 3. The number of rotatable bonds is 4. The number of likely N-dealkylation sites (tertiary alicyclic amines) is 1. The van der Waals surface area contributed by atoms with E-state index in [0.29, 0.717) is 5.75 Å². The minimum absolute atomic E-state index is 0.0176. The standard InChI is InChI=1S/C19H26F3NO/c20-19(21,22)15-24-17-9-7-8-16(14-17)18(10-3-1-4-11-18)23-12-5-2-6-13-23/h7-9,14H,1-6,10-13,15H2. The Labute approximate surface area is 142 Å². The van der Waals surface area contributed by atoms with Crippen LogP contribution in [0.25, 0.3) is 0 Å². The number of hydrogen-bond donors (Lipinski definition) is 0. The van der Waals surface area contributed by atoms with Crippen molar-refractivity contribution in [2.75, 3.05) is 19.7 Å². The van der Waals surface area contributed by atoms with Crippen molar-refractivity contribution < 1.29 is 17.9 Å². The molecule has 0 radical (unpaired) electrons. The Bertz CT molecular complexity index is 532. The number of nitrogens with zero attached hydrogens (tertiary/aromatic N) is 1. The molecule has 1 heterocycles. The highest BCUT2D eigenvalue weighted by molar-refractivity contribution is 5.34. The van der Waals surface area contributed by atoms with Gasteiger partial charge in [0.2, 0.25) is 0 Å². The van der Waals surface area contributed by atoms with Gasteiger partial charge in [-0.25, -0.2) is 0 Å². The molecule has 134 valence electrons. The zero-order valence-corrected chi connectivity index (χ0v) is 14.1. The van der Waals surface area contributed by atoms with E-state index in [0.717, 1.165) is 31.5 Å². The van der Waals surface area contributed by atoms with E-state index in [-0.39, 0.29) is 5.54 Å². The Balaban J connectivity index is 1.84. The summed E-state index contributed by atoms with van der Waals surface area (Å²) in [6.07, 6.45) is 5.21. The predicted octanol–water partition coefficient (Wildman–Crippen LogP) is 5.27. The number of piperidine rings is 1. The van der Waals surface area contributed by atoms with Crippen LogP contribution < -0.4 is 4.74 Å². The van der Waals surface area contributed by atoms with E-state index in [1.54, 1.807) is 6.07 Å². The largest absolute Gasteiger partial charge is 0.484 e. The van der Waals surface area contributed by atoms with Crippen molar-refractivity contribution in [1.29, 1.82) is 0 Å². The van der Waals surface area contributed by atoms with Gasteiger partial charge in [-0.3, -0.25) is 4.90 Å². The van der Waals surface area contributed by atoms with Gasteiger partial charge in [0.15, 0.2) is 6.61 Å². The third kappa shape index (κ3) is 4.05. The van der Waals surface area contributed by atoms with Crippen LogP contribution in [0.1, 0.15) is 56.9 Å². The minimum Gasteiger partial charge on any atom is -0.484 e. The SMILES string of the molecule is FC(F)(F)COc1cccc(C2(N3CCCCC3)CCCCC2)c1. The van der Waals surface area contributed by atoms with Gasteiger partial charge < -0.3 is 4.74 Å². The maximum absolute atomic E-state index is 12.4. The van der Waals surface area contributed by atoms with Gasteiger partial charge in [0, 0.05) is 5.54 Å². The first-order valence-electron chi connectivity index (χ1n) is 9.05. The zero-order chi connectivity index (χ0) is 17.0. The molecule has 0 bridgehead atoms. The molecule has 0 unspecified atom stereocenters. The molecule has 1 saturated carbocycles. The first-order valence-corrected chi connectivity index (χ1v) is 9.05. The van der Waals surface area contributed by atoms with E-state index in [4.69, 9.17) is 4.74 Å². The fraction of sp³-hybridized carbons (Fsp3) is 0.684. The lowest BCUT2D eigenvalue weighted by Gasteiger charge is -2.48. The third-order valence-electron chi connectivity index (χ3n) is 5.42. The number of hydrogen-bond acceptors (Lipinski definition) is 2. The van der Waals surface area contributed by atoms with Crippen LogP contribution in [0.4, 0.5) is 13.2 Å². The molecule has 1 aliphatic carbocycles. The van der Waals surface area contributed by atoms with Crippen molar-refractivity contribution in [2.24, 2.45) is 0 Å². The summed E-state index contributed by atoms with van der Waals surface area (Å²) in [5.41, 5.74) is 1.11. The van der Waals surface area contributed by atoms with Crippen molar-refractivity contribution in [3.8, 4) is 5.75 Å². The predicted molar refractivity (Wildman–Crippen MR) is 88.2 cm³/mol. The van der Waals surface area contributed by atoms with Crippen LogP contribution >= 0.6 is 0 Å². The third-order valence-corrected chi connectivity index (χ3v) is 5.42. The van der Waals surface area contributed by atoms with Gasteiger partial charge in [0.05, 0.1) is 0 Å². The normalized spacial score (nSPS) is 22.3. The fourth-order valence-corrected chi connectivity index (χ4v) is 4.29. The first-order chi connectivity index (χ1) is 11.5. The fourth-order valence-electron chi connectivity index (χ4n) is 4.29. The molecule has 1 aromatic carbocycles. The van der Waals surface area contributed by atoms with Gasteiger partial charge in [-0.15, -0.1) is 0 Å². The van der Waals surface area contributed by atoms with Crippen LogP contribution in [0.15, 0.2) is 24.3 Å². The molecule has 2 nitrogen and oxygen atoms in total. The van der Waals surface area contributed by atoms with E-state index < -0.39 is 12.8 Å². The van der Waals surface area contributed by atoms with E-state index in [9.17, 15) is 13.2 Å². The smallest absolute Gasteiger partial charge is 0.422 e. The quantitative estimate of drug-likeness (QED) is 0.739. The van der Waals surface area contributed by atoms with Gasteiger partial charge in [-0.2, -0.15) is 13.2 Å². The summed E-state index contributed by atoms with van der Waals surface area (Å²) in [7, 11) is 0. The number of halogens is 3. The molecule has 1 aromatic rings. The molecule has 2 aliphatic rings. The Hall–Kier alpha value is -1.23. The van der Waals surface area contributed by atoms with E-state index in [1.807, 2.05) is 12.1 Å². The van der Waals surface area contributed by atoms with Crippen LogP contribution in [0.2, 0.25) is 0 Å². The van der Waals surface area contributed by atoms with Crippen LogP contribution in [-0.2, 0) is 5.54 Å². The molecule has 1 aliphatic heterocycles. The average Bonchev–Trinajstić information content (AvgIpc) is 2.61. The lowest BCUT2D eigenvalue weighted by Crippen LogP contribution is -2.49. The monoisotopic (exact) mass is 341 g/mol. The van der Waals surface area contributed by atoms with E-state index >= 15 is 0 Å². The number of benzene rings is 1. The highest BCUT2D eigenvalue weighted by Crippen LogP contribution is 2.44. The number of ether oxygens (including phenoxy) is 1. The summed E-state index contributed by atoms with van der Waals surface area (Å²) >= 11 is 0. The summed E-state index contributed by atoms with van der Waals surface area (Å²) < 4.78 is 42.3. The highest BCUT2D eigenvalue weighted by atomic mass is 19.4. The molecule has 1 saturated heterocycles. The molecule has 0 atom stereocenters. The second-order valence-electron chi connectivity index (χ2n) is 7.07. The molecule has 5 heteroatoms. The molecule has 3 rings (SSSR count). The second-order valence-corrected chi connectivity index (χ2v) is 7.07. The Morgan fingerprint density at radius 2 is 1.62 bits per heavy atom. The van der Waals surface area contributed by atoms with Crippen molar-refractivity contribution in [2.45, 2.75) is 63.1 Å². The van der Waals surface area contributed by atoms with Crippen LogP contribution in [0, 0.1) is 0 Å². The Morgan fingerprint density at radius 3 is 2.29 bits per heavy atom. The van der Waals surface area contributed by atoms with E-state index in [1.165, 1.54) is 38.5 Å². The van der Waals surface area contributed by atoms with Gasteiger partial charge in [0.1, 0.15) is 5.75 Å². The van der Waals surface area contributed by atoms with E-state index in [2.05, 4.69) is 11.0 Å². The second kappa shape index (κ2) is 7.34. The van der Waals surface area contributed by atoms with Crippen LogP contribution in [-0.4, -0.2) is 30.8 Å². The summed E-state index contributed by atoms with van der Waals surface area (Å²) in [5, 5.41) is 0. The summed E-state index contributed by atoms with van der Waals surface area (Å²) in [6.45, 7) is 0.953. The Morgan fingerprint density at radius 1 is 0.958 bits per heavy atom. The van der Waals surface area contributed by atoms with Gasteiger partial charge in [-0.1, -0.05) is 37.8 Å². The molecular formula is C19H26F3NO. The molecule has 0 amide bonds. The highest BCUT2D eigenvalue weighted by Gasteiger charge is 2.40. The van der Waals surface area contributed by atoms with Crippen LogP contribution in [0.3, 0.4) is 0 Å². The summed E-state index contributed by atoms with van der Waals surface area (Å²) in [5.74, 6) is 0.326. The Kier molecular flexibility index (Phi) is 5.38. The topological polar surface area (TPSA) is 12.5 Å². The lowest BCUT2D eigenvalue weighted by molar-refractivity contribution is -0.153. The van der Waals surface area contributed by atoms with Crippen LogP contribution in [0.5, 0.6) is 5.75 Å². The average molecular weight is 341 g/mol. The van der Waals surface area contributed by atoms with Crippen molar-refractivity contribution in [1.82, 2.24) is 4.90 Å². The molecule has 0 N–H and O–H groups in total. The zero-order valence-electron chi connectivity index (χ0n) is 14.1. The van der Waals surface area contributed by atoms with Gasteiger partial charge in [0.25, 0.3) is 0 Å². The molecular weight excluding hydrogens is 315 g/mol. The van der Waals surface area contributed by atoms with Crippen molar-refractivity contribution in [3.63, 3.8) is 0 Å². The summed E-state index contributed by atoms with van der Waals surface area (Å²) in [4.78, 5) is 2.58. The maximum Gasteiger partial charge on any atom is 0.422 e. The maximum atomic E-state index is 12.4. The molecule has 0 spiro atoms.